The number of amides is 1. The Morgan fingerprint density at radius 1 is 1.26 bits per heavy atom. The predicted octanol–water partition coefficient (Wildman–Crippen LogP) is 3.90. The third-order valence-corrected chi connectivity index (χ3v) is 3.72. The largest absolute Gasteiger partial charge is 0.318 e. The Morgan fingerprint density at radius 2 is 2.00 bits per heavy atom. The standard InChI is InChI=1S/C19H25N3O/c1-13(2)9-19(23)21-20-12-17-11-15(4)22(16(17)5)18-8-6-7-14(3)10-18/h6-8,10-13H,9H2,1-5H3,(H,21,23)/b20-12-. The van der Waals surface area contributed by atoms with Crippen LogP contribution in [-0.2, 0) is 4.79 Å². The third kappa shape index (κ3) is 4.31. The number of carbonyl (C=O) groups is 1. The lowest BCUT2D eigenvalue weighted by atomic mass is 10.1. The molecular formula is C19H25N3O. The Labute approximate surface area is 138 Å². The molecule has 2 rings (SSSR count). The molecule has 1 aromatic carbocycles. The molecule has 0 aliphatic rings. The molecule has 1 amide bonds. The molecule has 1 aromatic heterocycles. The number of rotatable bonds is 5. The molecule has 23 heavy (non-hydrogen) atoms. The van der Waals surface area contributed by atoms with Gasteiger partial charge < -0.3 is 4.57 Å². The van der Waals surface area contributed by atoms with Gasteiger partial charge in [-0.15, -0.1) is 0 Å². The number of aryl methyl sites for hydroxylation is 2. The molecule has 2 aromatic rings. The molecule has 4 heteroatoms. The summed E-state index contributed by atoms with van der Waals surface area (Å²) >= 11 is 0. The number of nitrogens with one attached hydrogen (secondary N) is 1. The molecule has 0 unspecified atom stereocenters. The number of hydrogen-bond donors (Lipinski definition) is 1. The molecule has 0 spiro atoms. The van der Waals surface area contributed by atoms with Crippen LogP contribution in [0.3, 0.4) is 0 Å². The molecule has 0 fully saturated rings. The van der Waals surface area contributed by atoms with Gasteiger partial charge in [-0.25, -0.2) is 5.43 Å². The summed E-state index contributed by atoms with van der Waals surface area (Å²) in [7, 11) is 0. The van der Waals surface area contributed by atoms with Gasteiger partial charge in [-0.3, -0.25) is 4.79 Å². The van der Waals surface area contributed by atoms with E-state index in [1.165, 1.54) is 5.56 Å². The minimum atomic E-state index is -0.0521. The van der Waals surface area contributed by atoms with Crippen molar-refractivity contribution in [3.05, 3.63) is 52.8 Å². The molecule has 0 aliphatic carbocycles. The molecule has 0 radical (unpaired) electrons. The second-order valence-corrected chi connectivity index (χ2v) is 6.39. The Morgan fingerprint density at radius 3 is 2.65 bits per heavy atom. The average Bonchev–Trinajstić information content (AvgIpc) is 2.72. The Kier molecular flexibility index (Phi) is 5.37. The van der Waals surface area contributed by atoms with Crippen molar-refractivity contribution in [1.82, 2.24) is 9.99 Å². The van der Waals surface area contributed by atoms with Crippen molar-refractivity contribution in [2.24, 2.45) is 11.0 Å². The Balaban J connectivity index is 2.19. The molecule has 0 saturated heterocycles. The van der Waals surface area contributed by atoms with E-state index >= 15 is 0 Å². The number of nitrogens with zero attached hydrogens (tertiary/aromatic N) is 2. The van der Waals surface area contributed by atoms with Crippen molar-refractivity contribution >= 4 is 12.1 Å². The van der Waals surface area contributed by atoms with Crippen molar-refractivity contribution < 1.29 is 4.79 Å². The van der Waals surface area contributed by atoms with Gasteiger partial charge in [-0.1, -0.05) is 26.0 Å². The lowest BCUT2D eigenvalue weighted by Crippen LogP contribution is -2.19. The first kappa shape index (κ1) is 17.0. The summed E-state index contributed by atoms with van der Waals surface area (Å²) in [6.45, 7) is 10.2. The average molecular weight is 311 g/mol. The molecule has 0 bridgehead atoms. The molecule has 1 heterocycles. The minimum absolute atomic E-state index is 0.0521. The quantitative estimate of drug-likeness (QED) is 0.660. The Hall–Kier alpha value is -2.36. The SMILES string of the molecule is Cc1cccc(-n2c(C)cc(/C=N\NC(=O)CC(C)C)c2C)c1. The van der Waals surface area contributed by atoms with Crippen molar-refractivity contribution in [3.8, 4) is 5.69 Å². The highest BCUT2D eigenvalue weighted by atomic mass is 16.2. The van der Waals surface area contributed by atoms with E-state index in [0.29, 0.717) is 12.3 Å². The second-order valence-electron chi connectivity index (χ2n) is 6.39. The number of benzene rings is 1. The van der Waals surface area contributed by atoms with Crippen LogP contribution < -0.4 is 5.43 Å². The fraction of sp³-hybridized carbons (Fsp3) is 0.368. The zero-order valence-electron chi connectivity index (χ0n) is 14.6. The fourth-order valence-corrected chi connectivity index (χ4v) is 2.67. The molecule has 0 saturated carbocycles. The summed E-state index contributed by atoms with van der Waals surface area (Å²) in [6, 6.07) is 10.5. The van der Waals surface area contributed by atoms with Crippen LogP contribution in [0.1, 0.15) is 42.8 Å². The highest BCUT2D eigenvalue weighted by molar-refractivity contribution is 5.84. The van der Waals surface area contributed by atoms with Gasteiger partial charge in [-0.2, -0.15) is 5.10 Å². The van der Waals surface area contributed by atoms with Gasteiger partial charge >= 0.3 is 0 Å². The summed E-state index contributed by atoms with van der Waals surface area (Å²) in [4.78, 5) is 11.6. The van der Waals surface area contributed by atoms with E-state index in [0.717, 1.165) is 22.6 Å². The van der Waals surface area contributed by atoms with Gasteiger partial charge in [0.2, 0.25) is 5.91 Å². The molecule has 0 aliphatic heterocycles. The second kappa shape index (κ2) is 7.27. The van der Waals surface area contributed by atoms with Crippen LogP contribution in [0.5, 0.6) is 0 Å². The maximum Gasteiger partial charge on any atom is 0.240 e. The smallest absolute Gasteiger partial charge is 0.240 e. The normalized spacial score (nSPS) is 11.4. The van der Waals surface area contributed by atoms with E-state index in [1.54, 1.807) is 6.21 Å². The van der Waals surface area contributed by atoms with Gasteiger partial charge in [0.25, 0.3) is 0 Å². The highest BCUT2D eigenvalue weighted by Gasteiger charge is 2.09. The summed E-state index contributed by atoms with van der Waals surface area (Å²) in [6.07, 6.45) is 2.20. The molecule has 122 valence electrons. The van der Waals surface area contributed by atoms with Crippen LogP contribution >= 0.6 is 0 Å². The van der Waals surface area contributed by atoms with E-state index in [9.17, 15) is 4.79 Å². The lowest BCUT2D eigenvalue weighted by Gasteiger charge is -2.10. The van der Waals surface area contributed by atoms with Gasteiger partial charge in [0.15, 0.2) is 0 Å². The zero-order valence-corrected chi connectivity index (χ0v) is 14.6. The third-order valence-electron chi connectivity index (χ3n) is 3.72. The van der Waals surface area contributed by atoms with Crippen LogP contribution in [0.25, 0.3) is 5.69 Å². The summed E-state index contributed by atoms with van der Waals surface area (Å²) in [5.74, 6) is 0.278. The molecule has 0 atom stereocenters. The highest BCUT2D eigenvalue weighted by Crippen LogP contribution is 2.20. The van der Waals surface area contributed by atoms with Crippen LogP contribution in [0.4, 0.5) is 0 Å². The first-order valence-electron chi connectivity index (χ1n) is 7.96. The van der Waals surface area contributed by atoms with Crippen LogP contribution in [-0.4, -0.2) is 16.7 Å². The fourth-order valence-electron chi connectivity index (χ4n) is 2.67. The van der Waals surface area contributed by atoms with E-state index in [-0.39, 0.29) is 5.91 Å². The van der Waals surface area contributed by atoms with Crippen molar-refractivity contribution in [1.29, 1.82) is 0 Å². The summed E-state index contributed by atoms with van der Waals surface area (Å²) < 4.78 is 2.20. The van der Waals surface area contributed by atoms with Gasteiger partial charge in [-0.05, 0) is 50.5 Å². The minimum Gasteiger partial charge on any atom is -0.318 e. The topological polar surface area (TPSA) is 46.4 Å². The van der Waals surface area contributed by atoms with E-state index < -0.39 is 0 Å². The van der Waals surface area contributed by atoms with E-state index in [2.05, 4.69) is 66.2 Å². The number of hydrogen-bond acceptors (Lipinski definition) is 2. The first-order chi connectivity index (χ1) is 10.9. The van der Waals surface area contributed by atoms with Crippen LogP contribution in [0.2, 0.25) is 0 Å². The molecular weight excluding hydrogens is 286 g/mol. The number of aromatic nitrogens is 1. The summed E-state index contributed by atoms with van der Waals surface area (Å²) in [5.41, 5.74) is 8.21. The van der Waals surface area contributed by atoms with Crippen molar-refractivity contribution in [2.75, 3.05) is 0 Å². The molecule has 4 nitrogen and oxygen atoms in total. The van der Waals surface area contributed by atoms with Crippen molar-refractivity contribution in [3.63, 3.8) is 0 Å². The predicted molar refractivity (Wildman–Crippen MR) is 95.2 cm³/mol. The Bertz CT molecular complexity index is 726. The number of carbonyl (C=O) groups excluding carboxylic acids is 1. The zero-order chi connectivity index (χ0) is 17.0. The summed E-state index contributed by atoms with van der Waals surface area (Å²) in [5, 5.41) is 4.08. The maximum atomic E-state index is 11.6. The van der Waals surface area contributed by atoms with Gasteiger partial charge in [0.1, 0.15) is 0 Å². The van der Waals surface area contributed by atoms with Crippen LogP contribution in [0, 0.1) is 26.7 Å². The van der Waals surface area contributed by atoms with Crippen molar-refractivity contribution in [2.45, 2.75) is 41.0 Å². The lowest BCUT2D eigenvalue weighted by molar-refractivity contribution is -0.121. The van der Waals surface area contributed by atoms with Crippen LogP contribution in [0.15, 0.2) is 35.4 Å². The number of hydrazone groups is 1. The monoisotopic (exact) mass is 311 g/mol. The van der Waals surface area contributed by atoms with Gasteiger partial charge in [0.05, 0.1) is 6.21 Å². The van der Waals surface area contributed by atoms with E-state index in [4.69, 9.17) is 0 Å². The van der Waals surface area contributed by atoms with E-state index in [1.807, 2.05) is 13.8 Å². The van der Waals surface area contributed by atoms with Gasteiger partial charge in [0, 0.05) is 29.1 Å². The molecule has 1 N–H and O–H groups in total. The maximum absolute atomic E-state index is 11.6. The first-order valence-corrected chi connectivity index (χ1v) is 7.96.